The largest absolute Gasteiger partial charge is 0.396 e. The van der Waals surface area contributed by atoms with E-state index in [1.54, 1.807) is 12.2 Å². The Morgan fingerprint density at radius 1 is 1.31 bits per heavy atom. The molecular formula is C13H22O3. The molecule has 0 fully saturated rings. The van der Waals surface area contributed by atoms with Crippen molar-refractivity contribution in [3.63, 3.8) is 0 Å². The first-order valence-electron chi connectivity index (χ1n) is 5.44. The smallest absolute Gasteiger partial charge is 0.109 e. The van der Waals surface area contributed by atoms with Gasteiger partial charge in [0.1, 0.15) is 11.7 Å². The molecule has 0 saturated carbocycles. The lowest BCUT2D eigenvalue weighted by Crippen LogP contribution is -2.35. The quantitative estimate of drug-likeness (QED) is 0.454. The molecule has 0 rings (SSSR count). The van der Waals surface area contributed by atoms with E-state index in [0.717, 1.165) is 6.42 Å². The normalized spacial score (nSPS) is 19.8. The van der Waals surface area contributed by atoms with Crippen LogP contribution in [0, 0.1) is 5.92 Å². The van der Waals surface area contributed by atoms with E-state index in [9.17, 15) is 10.2 Å². The molecule has 0 heterocycles. The van der Waals surface area contributed by atoms with E-state index in [0.29, 0.717) is 5.92 Å². The standard InChI is InChI=1S/C13H22O3/c1-4-13(3,16)12(15)8-6-5-7-11(2)9-10-14/h4-8,11-12,14-16H,1,9-10H2,2-3H3/b7-5+,8-6+/t11-,12+,13-/m0/s1. The molecule has 0 aromatic heterocycles. The predicted molar refractivity (Wildman–Crippen MR) is 66.0 cm³/mol. The van der Waals surface area contributed by atoms with Gasteiger partial charge in [-0.25, -0.2) is 0 Å². The van der Waals surface area contributed by atoms with Crippen molar-refractivity contribution in [1.82, 2.24) is 0 Å². The summed E-state index contributed by atoms with van der Waals surface area (Å²) in [5, 5.41) is 27.9. The topological polar surface area (TPSA) is 60.7 Å². The fourth-order valence-corrected chi connectivity index (χ4v) is 1.04. The predicted octanol–water partition coefficient (Wildman–Crippen LogP) is 1.42. The number of aliphatic hydroxyl groups excluding tert-OH is 2. The highest BCUT2D eigenvalue weighted by Crippen LogP contribution is 2.12. The number of hydrogen-bond donors (Lipinski definition) is 3. The summed E-state index contributed by atoms with van der Waals surface area (Å²) in [7, 11) is 0. The second-order valence-corrected chi connectivity index (χ2v) is 4.13. The van der Waals surface area contributed by atoms with E-state index in [4.69, 9.17) is 5.11 Å². The Balaban J connectivity index is 4.15. The minimum Gasteiger partial charge on any atom is -0.396 e. The van der Waals surface area contributed by atoms with Gasteiger partial charge in [-0.1, -0.05) is 37.3 Å². The van der Waals surface area contributed by atoms with Crippen molar-refractivity contribution in [2.24, 2.45) is 5.92 Å². The zero-order valence-electron chi connectivity index (χ0n) is 10.0. The molecule has 0 aromatic carbocycles. The van der Waals surface area contributed by atoms with E-state index in [1.165, 1.54) is 19.1 Å². The third-order valence-electron chi connectivity index (χ3n) is 2.44. The molecule has 0 aliphatic carbocycles. The summed E-state index contributed by atoms with van der Waals surface area (Å²) in [6, 6.07) is 0. The van der Waals surface area contributed by atoms with Crippen LogP contribution in [-0.4, -0.2) is 33.6 Å². The SMILES string of the molecule is C=C[C@](C)(O)[C@H](O)/C=C/C=C/[C@H](C)CCO. The highest BCUT2D eigenvalue weighted by Gasteiger charge is 2.23. The van der Waals surface area contributed by atoms with Gasteiger partial charge in [0, 0.05) is 6.61 Å². The summed E-state index contributed by atoms with van der Waals surface area (Å²) in [5.41, 5.74) is -1.30. The van der Waals surface area contributed by atoms with Gasteiger partial charge in [-0.3, -0.25) is 0 Å². The van der Waals surface area contributed by atoms with Gasteiger partial charge in [-0.05, 0) is 19.3 Å². The average Bonchev–Trinajstić information content (AvgIpc) is 2.24. The first-order chi connectivity index (χ1) is 7.44. The molecule has 0 radical (unpaired) electrons. The Morgan fingerprint density at radius 3 is 2.38 bits per heavy atom. The number of rotatable bonds is 7. The van der Waals surface area contributed by atoms with E-state index in [-0.39, 0.29) is 6.61 Å². The molecule has 16 heavy (non-hydrogen) atoms. The third-order valence-corrected chi connectivity index (χ3v) is 2.44. The first kappa shape index (κ1) is 15.1. The maximum atomic E-state index is 9.61. The second-order valence-electron chi connectivity index (χ2n) is 4.13. The maximum absolute atomic E-state index is 9.61. The molecule has 0 bridgehead atoms. The summed E-state index contributed by atoms with van der Waals surface area (Å²) < 4.78 is 0. The van der Waals surface area contributed by atoms with Crippen molar-refractivity contribution in [2.75, 3.05) is 6.61 Å². The molecule has 0 aromatic rings. The highest BCUT2D eigenvalue weighted by atomic mass is 16.3. The molecule has 92 valence electrons. The Labute approximate surface area is 97.4 Å². The van der Waals surface area contributed by atoms with Crippen molar-refractivity contribution < 1.29 is 15.3 Å². The summed E-state index contributed by atoms with van der Waals surface area (Å²) in [4.78, 5) is 0. The molecule has 3 nitrogen and oxygen atoms in total. The Morgan fingerprint density at radius 2 is 1.88 bits per heavy atom. The van der Waals surface area contributed by atoms with Crippen LogP contribution in [0.3, 0.4) is 0 Å². The van der Waals surface area contributed by atoms with Gasteiger partial charge >= 0.3 is 0 Å². The molecule has 0 spiro atoms. The zero-order valence-corrected chi connectivity index (χ0v) is 10.0. The Hall–Kier alpha value is -0.900. The summed E-state index contributed by atoms with van der Waals surface area (Å²) >= 11 is 0. The van der Waals surface area contributed by atoms with E-state index >= 15 is 0 Å². The first-order valence-corrected chi connectivity index (χ1v) is 5.44. The lowest BCUT2D eigenvalue weighted by molar-refractivity contribution is 0.000915. The summed E-state index contributed by atoms with van der Waals surface area (Å²) in [6.45, 7) is 7.10. The van der Waals surface area contributed by atoms with E-state index < -0.39 is 11.7 Å². The van der Waals surface area contributed by atoms with Crippen LogP contribution in [0.15, 0.2) is 37.0 Å². The monoisotopic (exact) mass is 226 g/mol. The minimum atomic E-state index is -1.30. The van der Waals surface area contributed by atoms with Crippen LogP contribution in [0.5, 0.6) is 0 Å². The second kappa shape index (κ2) is 7.39. The van der Waals surface area contributed by atoms with Gasteiger partial charge < -0.3 is 15.3 Å². The molecule has 0 aliphatic heterocycles. The lowest BCUT2D eigenvalue weighted by atomic mass is 9.99. The minimum absolute atomic E-state index is 0.170. The van der Waals surface area contributed by atoms with Crippen LogP contribution in [0.4, 0.5) is 0 Å². The molecule has 3 N–H and O–H groups in total. The van der Waals surface area contributed by atoms with Crippen LogP contribution in [0.25, 0.3) is 0 Å². The molecule has 0 unspecified atom stereocenters. The zero-order chi connectivity index (χ0) is 12.6. The van der Waals surface area contributed by atoms with Crippen molar-refractivity contribution in [2.45, 2.75) is 32.0 Å². The van der Waals surface area contributed by atoms with Crippen LogP contribution in [0.2, 0.25) is 0 Å². The fraction of sp³-hybridized carbons (Fsp3) is 0.538. The van der Waals surface area contributed by atoms with Crippen molar-refractivity contribution in [3.05, 3.63) is 37.0 Å². The molecule has 3 heteroatoms. The Bertz CT molecular complexity index is 254. The number of aliphatic hydroxyl groups is 3. The van der Waals surface area contributed by atoms with Gasteiger partial charge in [0.2, 0.25) is 0 Å². The lowest BCUT2D eigenvalue weighted by Gasteiger charge is -2.22. The van der Waals surface area contributed by atoms with Crippen LogP contribution in [0.1, 0.15) is 20.3 Å². The van der Waals surface area contributed by atoms with Crippen LogP contribution in [-0.2, 0) is 0 Å². The van der Waals surface area contributed by atoms with Gasteiger partial charge in [-0.15, -0.1) is 6.58 Å². The fourth-order valence-electron chi connectivity index (χ4n) is 1.04. The molecule has 0 amide bonds. The maximum Gasteiger partial charge on any atom is 0.109 e. The molecular weight excluding hydrogens is 204 g/mol. The van der Waals surface area contributed by atoms with Gasteiger partial charge in [0.25, 0.3) is 0 Å². The van der Waals surface area contributed by atoms with Crippen molar-refractivity contribution >= 4 is 0 Å². The molecule has 0 aliphatic rings. The van der Waals surface area contributed by atoms with Crippen molar-refractivity contribution in [1.29, 1.82) is 0 Å². The van der Waals surface area contributed by atoms with Gasteiger partial charge in [-0.2, -0.15) is 0 Å². The average molecular weight is 226 g/mol. The number of hydrogen-bond acceptors (Lipinski definition) is 3. The third kappa shape index (κ3) is 5.85. The van der Waals surface area contributed by atoms with Crippen molar-refractivity contribution in [3.8, 4) is 0 Å². The van der Waals surface area contributed by atoms with Crippen LogP contribution >= 0.6 is 0 Å². The highest BCUT2D eigenvalue weighted by molar-refractivity contribution is 5.12. The van der Waals surface area contributed by atoms with Gasteiger partial charge in [0.05, 0.1) is 0 Å². The summed E-state index contributed by atoms with van der Waals surface area (Å²) in [5.74, 6) is 0.298. The summed E-state index contributed by atoms with van der Waals surface area (Å²) in [6.07, 6.45) is 7.96. The number of allylic oxidation sites excluding steroid dienone is 3. The van der Waals surface area contributed by atoms with E-state index in [1.807, 2.05) is 13.0 Å². The van der Waals surface area contributed by atoms with Gasteiger partial charge in [0.15, 0.2) is 0 Å². The molecule has 0 saturated heterocycles. The Kier molecular flexibility index (Phi) is 6.97. The van der Waals surface area contributed by atoms with E-state index in [2.05, 4.69) is 6.58 Å². The molecule has 3 atom stereocenters. The van der Waals surface area contributed by atoms with Crippen LogP contribution < -0.4 is 0 Å².